The van der Waals surface area contributed by atoms with Crippen LogP contribution < -0.4 is 24.8 Å². The number of nitrogens with zero attached hydrogens (tertiary/aromatic N) is 3. The maximum atomic E-state index is 15.0. The molecule has 2 aromatic carbocycles. The van der Waals surface area contributed by atoms with E-state index >= 15 is 0 Å². The van der Waals surface area contributed by atoms with Gasteiger partial charge in [-0.05, 0) is 49.7 Å². The molecule has 16 heteroatoms. The zero-order chi connectivity index (χ0) is 43.9. The Balaban J connectivity index is 1.19. The molecule has 326 valence electrons. The second-order valence-electron chi connectivity index (χ2n) is 17.8. The highest BCUT2D eigenvalue weighted by Gasteiger charge is 2.62. The summed E-state index contributed by atoms with van der Waals surface area (Å²) in [6.45, 7) is 10.2. The number of nitrogens with one attached hydrogen (secondary N) is 3. The van der Waals surface area contributed by atoms with Gasteiger partial charge >= 0.3 is 0 Å². The number of hydrogen-bond donors (Lipinski definition) is 3. The van der Waals surface area contributed by atoms with Crippen LogP contribution in [0.5, 0.6) is 11.5 Å². The molecule has 0 radical (unpaired) electrons. The first-order chi connectivity index (χ1) is 29.0. The van der Waals surface area contributed by atoms with Crippen LogP contribution in [0, 0.1) is 23.2 Å². The third kappa shape index (κ3) is 9.24. The van der Waals surface area contributed by atoms with E-state index in [2.05, 4.69) is 21.9 Å². The first-order valence-electron chi connectivity index (χ1n) is 21.0. The number of benzene rings is 2. The first kappa shape index (κ1) is 43.6. The number of methoxy groups -OCH3 is 1. The number of fused-ring (bicyclic) bond motifs is 1. The number of amides is 5. The Bertz CT molecular complexity index is 2320. The van der Waals surface area contributed by atoms with Crippen molar-refractivity contribution in [2.45, 2.75) is 88.7 Å². The van der Waals surface area contributed by atoms with E-state index in [-0.39, 0.29) is 43.5 Å². The zero-order valence-corrected chi connectivity index (χ0v) is 36.3. The van der Waals surface area contributed by atoms with Gasteiger partial charge in [-0.2, -0.15) is 0 Å². The van der Waals surface area contributed by atoms with Crippen molar-refractivity contribution < 1.29 is 41.9 Å². The average Bonchev–Trinajstić information content (AvgIpc) is 4.18. The number of likely N-dealkylation sites (tertiary alicyclic amines) is 2. The van der Waals surface area contributed by atoms with Crippen molar-refractivity contribution in [2.75, 3.05) is 33.8 Å². The molecule has 3 aromatic rings. The molecule has 2 aliphatic heterocycles. The molecule has 0 bridgehead atoms. The standard InChI is InChI=1S/C45H56N6O9S/c1-7-29-25-45(29,43(56)49-61(57,58)32-14-15-32)48-41(54)37-22-31(60-38-24-35(27-11-9-8-10-12-27)47-36-21-30(59-6)13-16-33(36)38)26-51(37)42(55)34(44(2,3)4)23-39(52)50-19-17-28(18-20-50)40(53)46-5/h7-13,16,21,24,28-29,31-32,34,37H,1,14-15,17-20,22-23,25-26H2,2-6H3,(H,46,53)(H,48,54)(H,49,56)/t29-,31-,34-,37+,45-/m1/s1. The van der Waals surface area contributed by atoms with Crippen molar-refractivity contribution in [3.8, 4) is 22.8 Å². The topological polar surface area (TPSA) is 193 Å². The molecule has 15 nitrogen and oxygen atoms in total. The molecule has 0 spiro atoms. The molecule has 5 amide bonds. The van der Waals surface area contributed by atoms with E-state index < -0.39 is 67.9 Å². The van der Waals surface area contributed by atoms with Crippen LogP contribution in [0.15, 0.2) is 67.3 Å². The normalized spacial score (nSPS) is 23.5. The van der Waals surface area contributed by atoms with E-state index in [0.29, 0.717) is 66.9 Å². The Morgan fingerprint density at radius 2 is 1.70 bits per heavy atom. The molecule has 3 heterocycles. The van der Waals surface area contributed by atoms with Crippen molar-refractivity contribution in [3.63, 3.8) is 0 Å². The Morgan fingerprint density at radius 3 is 2.31 bits per heavy atom. The lowest BCUT2D eigenvalue weighted by atomic mass is 9.77. The van der Waals surface area contributed by atoms with Crippen molar-refractivity contribution >= 4 is 50.5 Å². The molecule has 7 rings (SSSR count). The third-order valence-corrected chi connectivity index (χ3v) is 14.4. The molecular formula is C45H56N6O9S. The van der Waals surface area contributed by atoms with Gasteiger partial charge in [0, 0.05) is 67.9 Å². The van der Waals surface area contributed by atoms with Crippen LogP contribution in [0.25, 0.3) is 22.2 Å². The number of pyridine rings is 1. The number of hydrogen-bond acceptors (Lipinski definition) is 10. The van der Waals surface area contributed by atoms with Crippen LogP contribution in [0.1, 0.15) is 65.7 Å². The second-order valence-corrected chi connectivity index (χ2v) is 19.8. The summed E-state index contributed by atoms with van der Waals surface area (Å²) in [5.74, 6) is -2.69. The predicted octanol–water partition coefficient (Wildman–Crippen LogP) is 3.97. The van der Waals surface area contributed by atoms with Gasteiger partial charge in [-0.3, -0.25) is 28.7 Å². The molecular weight excluding hydrogens is 801 g/mol. The Labute approximate surface area is 357 Å². The van der Waals surface area contributed by atoms with Crippen LogP contribution in [-0.4, -0.2) is 109 Å². The lowest BCUT2D eigenvalue weighted by molar-refractivity contribution is -0.149. The minimum atomic E-state index is -3.93. The highest BCUT2D eigenvalue weighted by Crippen LogP contribution is 2.46. The molecule has 4 aliphatic rings. The van der Waals surface area contributed by atoms with Crippen LogP contribution in [0.2, 0.25) is 0 Å². The largest absolute Gasteiger partial charge is 0.497 e. The number of aromatic nitrogens is 1. The fourth-order valence-corrected chi connectivity index (χ4v) is 9.96. The van der Waals surface area contributed by atoms with Gasteiger partial charge in [0.15, 0.2) is 0 Å². The summed E-state index contributed by atoms with van der Waals surface area (Å²) in [6.07, 6.45) is 2.77. The van der Waals surface area contributed by atoms with Crippen LogP contribution >= 0.6 is 0 Å². The van der Waals surface area contributed by atoms with E-state index in [1.807, 2.05) is 63.2 Å². The average molecular weight is 857 g/mol. The maximum absolute atomic E-state index is 15.0. The molecule has 61 heavy (non-hydrogen) atoms. The number of carbonyl (C=O) groups excluding carboxylic acids is 5. The summed E-state index contributed by atoms with van der Waals surface area (Å²) in [6, 6.07) is 15.7. The number of rotatable bonds is 14. The SMILES string of the molecule is C=C[C@@H]1C[C@]1(NC(=O)[C@@H]1C[C@@H](Oc2cc(-c3ccccc3)nc3cc(OC)ccc23)CN1C(=O)[C@@H](CC(=O)N1CCC(C(=O)NC)CC1)C(C)(C)C)C(=O)NS(=O)(=O)C1CC1. The lowest BCUT2D eigenvalue weighted by Gasteiger charge is -2.37. The highest BCUT2D eigenvalue weighted by molar-refractivity contribution is 7.91. The first-order valence-corrected chi connectivity index (χ1v) is 22.5. The number of sulfonamides is 1. The van der Waals surface area contributed by atoms with Gasteiger partial charge in [-0.1, -0.05) is 57.2 Å². The van der Waals surface area contributed by atoms with E-state index in [1.165, 1.54) is 11.0 Å². The number of piperidine rings is 1. The van der Waals surface area contributed by atoms with Crippen molar-refractivity contribution in [3.05, 3.63) is 67.3 Å². The second kappa shape index (κ2) is 17.1. The van der Waals surface area contributed by atoms with Crippen LogP contribution in [0.3, 0.4) is 0 Å². The van der Waals surface area contributed by atoms with E-state index in [0.717, 1.165) is 5.56 Å². The summed E-state index contributed by atoms with van der Waals surface area (Å²) in [7, 11) is -0.761. The van der Waals surface area contributed by atoms with Crippen molar-refractivity contribution in [2.24, 2.45) is 23.2 Å². The maximum Gasteiger partial charge on any atom is 0.259 e. The Morgan fingerprint density at radius 1 is 1.00 bits per heavy atom. The van der Waals surface area contributed by atoms with E-state index in [1.54, 1.807) is 31.2 Å². The summed E-state index contributed by atoms with van der Waals surface area (Å²) >= 11 is 0. The number of ether oxygens (including phenoxy) is 2. The summed E-state index contributed by atoms with van der Waals surface area (Å²) in [4.78, 5) is 77.5. The van der Waals surface area contributed by atoms with Gasteiger partial charge in [0.2, 0.25) is 33.7 Å². The van der Waals surface area contributed by atoms with Gasteiger partial charge in [-0.15, -0.1) is 6.58 Å². The molecule has 2 saturated heterocycles. The predicted molar refractivity (Wildman–Crippen MR) is 228 cm³/mol. The fraction of sp³-hybridized carbons (Fsp3) is 0.511. The molecule has 2 aliphatic carbocycles. The Hall–Kier alpha value is -5.51. The van der Waals surface area contributed by atoms with Crippen LogP contribution in [-0.2, 0) is 34.0 Å². The Kier molecular flexibility index (Phi) is 12.2. The van der Waals surface area contributed by atoms with E-state index in [9.17, 15) is 32.4 Å². The molecule has 1 aromatic heterocycles. The summed E-state index contributed by atoms with van der Waals surface area (Å²) < 4.78 is 40.1. The molecule has 2 saturated carbocycles. The van der Waals surface area contributed by atoms with Crippen molar-refractivity contribution in [1.82, 2.24) is 30.1 Å². The molecule has 4 fully saturated rings. The third-order valence-electron chi connectivity index (χ3n) is 12.6. The monoisotopic (exact) mass is 856 g/mol. The highest BCUT2D eigenvalue weighted by atomic mass is 32.2. The van der Waals surface area contributed by atoms with Gasteiger partial charge < -0.3 is 29.9 Å². The smallest absolute Gasteiger partial charge is 0.259 e. The molecule has 3 N–H and O–H groups in total. The van der Waals surface area contributed by atoms with E-state index in [4.69, 9.17) is 14.5 Å². The summed E-state index contributed by atoms with van der Waals surface area (Å²) in [5.41, 5.74) is -0.192. The minimum Gasteiger partial charge on any atom is -0.497 e. The van der Waals surface area contributed by atoms with Crippen LogP contribution in [0.4, 0.5) is 0 Å². The molecule has 0 unspecified atom stereocenters. The lowest BCUT2D eigenvalue weighted by Crippen LogP contribution is -2.57. The fourth-order valence-electron chi connectivity index (χ4n) is 8.59. The van der Waals surface area contributed by atoms with Gasteiger partial charge in [0.25, 0.3) is 5.91 Å². The van der Waals surface area contributed by atoms with Gasteiger partial charge in [0.05, 0.1) is 36.0 Å². The van der Waals surface area contributed by atoms with Crippen molar-refractivity contribution in [1.29, 1.82) is 0 Å². The number of carbonyl (C=O) groups is 5. The quantitative estimate of drug-likeness (QED) is 0.200. The minimum absolute atomic E-state index is 0.0179. The zero-order valence-electron chi connectivity index (χ0n) is 35.4. The molecule has 5 atom stereocenters. The van der Waals surface area contributed by atoms with Gasteiger partial charge in [0.1, 0.15) is 29.2 Å². The van der Waals surface area contributed by atoms with Gasteiger partial charge in [-0.25, -0.2) is 13.4 Å². The summed E-state index contributed by atoms with van der Waals surface area (Å²) in [5, 5.41) is 5.57.